The van der Waals surface area contributed by atoms with Crippen LogP contribution in [0.15, 0.2) is 9.59 Å². The third-order valence-corrected chi connectivity index (χ3v) is 3.65. The molecule has 0 unspecified atom stereocenters. The summed E-state index contributed by atoms with van der Waals surface area (Å²) in [5.74, 6) is 0.245. The molecule has 0 radical (unpaired) electrons. The summed E-state index contributed by atoms with van der Waals surface area (Å²) >= 11 is 0. The van der Waals surface area contributed by atoms with Gasteiger partial charge in [-0.05, 0) is 40.8 Å². The number of rotatable bonds is 8. The average Bonchev–Trinajstić information content (AvgIpc) is 2.45. The molecule has 7 heteroatoms. The van der Waals surface area contributed by atoms with Crippen LogP contribution in [0.25, 0.3) is 0 Å². The maximum Gasteiger partial charge on any atom is 0.348 e. The first kappa shape index (κ1) is 18.4. The monoisotopic (exact) mass is 311 g/mol. The van der Waals surface area contributed by atoms with Gasteiger partial charge < -0.3 is 10.2 Å². The van der Waals surface area contributed by atoms with Crippen LogP contribution in [-0.4, -0.2) is 45.4 Å². The van der Waals surface area contributed by atoms with E-state index in [-0.39, 0.29) is 29.2 Å². The smallest absolute Gasteiger partial charge is 0.348 e. The quantitative estimate of drug-likeness (QED) is 0.784. The molecular weight excluding hydrogens is 282 g/mol. The number of nitrogens with zero attached hydrogens (tertiary/aromatic N) is 4. The van der Waals surface area contributed by atoms with Gasteiger partial charge in [0, 0.05) is 19.1 Å². The molecule has 22 heavy (non-hydrogen) atoms. The van der Waals surface area contributed by atoms with Crippen LogP contribution in [0.2, 0.25) is 0 Å². The lowest BCUT2D eigenvalue weighted by atomic mass is 10.3. The zero-order valence-electron chi connectivity index (χ0n) is 14.6. The average molecular weight is 311 g/mol. The van der Waals surface area contributed by atoms with Crippen LogP contribution in [0.1, 0.15) is 53.6 Å². The molecule has 0 fully saturated rings. The highest BCUT2D eigenvalue weighted by atomic mass is 16.2. The van der Waals surface area contributed by atoms with Crippen LogP contribution in [-0.2, 0) is 0 Å². The second-order valence-corrected chi connectivity index (χ2v) is 5.89. The first-order valence-corrected chi connectivity index (χ1v) is 8.04. The summed E-state index contributed by atoms with van der Waals surface area (Å²) in [5, 5.41) is 7.29. The highest BCUT2D eigenvalue weighted by Crippen LogP contribution is 2.02. The normalized spacial score (nSPS) is 11.7. The topological polar surface area (TPSA) is 72.2 Å². The zero-order valence-corrected chi connectivity index (χ0v) is 14.6. The van der Waals surface area contributed by atoms with Crippen molar-refractivity contribution in [3.05, 3.63) is 20.8 Å². The Kier molecular flexibility index (Phi) is 6.80. The molecule has 0 spiro atoms. The molecule has 0 saturated heterocycles. The van der Waals surface area contributed by atoms with Gasteiger partial charge in [0.1, 0.15) is 0 Å². The fourth-order valence-corrected chi connectivity index (χ4v) is 2.28. The Labute approximate surface area is 131 Å². The van der Waals surface area contributed by atoms with Gasteiger partial charge >= 0.3 is 5.69 Å². The molecule has 0 saturated carbocycles. The van der Waals surface area contributed by atoms with Crippen molar-refractivity contribution < 1.29 is 0 Å². The summed E-state index contributed by atoms with van der Waals surface area (Å²) < 4.78 is 2.62. The summed E-state index contributed by atoms with van der Waals surface area (Å²) in [6, 6.07) is -0.294. The van der Waals surface area contributed by atoms with E-state index in [1.807, 2.05) is 27.7 Å². The molecule has 7 nitrogen and oxygen atoms in total. The van der Waals surface area contributed by atoms with Crippen molar-refractivity contribution in [3.63, 3.8) is 0 Å². The molecule has 0 aliphatic carbocycles. The van der Waals surface area contributed by atoms with Gasteiger partial charge in [-0.15, -0.1) is 5.10 Å². The van der Waals surface area contributed by atoms with Crippen LogP contribution in [0.5, 0.6) is 0 Å². The Morgan fingerprint density at radius 2 is 1.68 bits per heavy atom. The van der Waals surface area contributed by atoms with Gasteiger partial charge in [-0.2, -0.15) is 0 Å². The molecule has 1 aromatic heterocycles. The highest BCUT2D eigenvalue weighted by molar-refractivity contribution is 5.29. The van der Waals surface area contributed by atoms with E-state index in [1.165, 1.54) is 9.25 Å². The fourth-order valence-electron chi connectivity index (χ4n) is 2.28. The lowest BCUT2D eigenvalue weighted by molar-refractivity contribution is 0.315. The first-order chi connectivity index (χ1) is 10.3. The summed E-state index contributed by atoms with van der Waals surface area (Å²) in [7, 11) is 0. The molecule has 0 atom stereocenters. The Bertz CT molecular complexity index is 585. The predicted molar refractivity (Wildman–Crippen MR) is 89.8 cm³/mol. The minimum absolute atomic E-state index is 0.0959. The molecule has 0 aliphatic rings. The lowest BCUT2D eigenvalue weighted by Gasteiger charge is -2.19. The first-order valence-electron chi connectivity index (χ1n) is 8.04. The molecule has 1 heterocycles. The maximum absolute atomic E-state index is 12.4. The van der Waals surface area contributed by atoms with Crippen LogP contribution in [0, 0.1) is 0 Å². The third kappa shape index (κ3) is 4.19. The van der Waals surface area contributed by atoms with Crippen molar-refractivity contribution in [1.82, 2.24) is 19.2 Å². The second kappa shape index (κ2) is 8.12. The summed E-state index contributed by atoms with van der Waals surface area (Å²) in [6.07, 6.45) is 0. The van der Waals surface area contributed by atoms with E-state index in [9.17, 15) is 9.59 Å². The SMILES string of the molecule is CCN(CC)CCNc1nn(C(C)C)c(=O)n(C(C)C)c1=O. The van der Waals surface area contributed by atoms with Crippen molar-refractivity contribution in [2.24, 2.45) is 0 Å². The van der Waals surface area contributed by atoms with Crippen molar-refractivity contribution in [1.29, 1.82) is 0 Å². The van der Waals surface area contributed by atoms with Crippen molar-refractivity contribution in [2.45, 2.75) is 53.6 Å². The van der Waals surface area contributed by atoms with Gasteiger partial charge in [0.2, 0.25) is 5.82 Å². The van der Waals surface area contributed by atoms with E-state index in [1.54, 1.807) is 0 Å². The molecular formula is C15H29N5O2. The largest absolute Gasteiger partial charge is 0.363 e. The number of hydrogen-bond acceptors (Lipinski definition) is 5. The summed E-state index contributed by atoms with van der Waals surface area (Å²) in [5.41, 5.74) is -0.708. The van der Waals surface area contributed by atoms with Gasteiger partial charge in [0.25, 0.3) is 5.56 Å². The van der Waals surface area contributed by atoms with Gasteiger partial charge in [-0.3, -0.25) is 9.36 Å². The Balaban J connectivity index is 3.09. The number of nitrogens with one attached hydrogen (secondary N) is 1. The minimum atomic E-state index is -0.357. The third-order valence-electron chi connectivity index (χ3n) is 3.65. The molecule has 1 aromatic rings. The standard InChI is InChI=1S/C15H29N5O2/c1-7-18(8-2)10-9-16-13-14(21)19(11(3)4)15(22)20(17-13)12(5)6/h11-12H,7-10H2,1-6H3,(H,16,17). The number of anilines is 1. The highest BCUT2D eigenvalue weighted by Gasteiger charge is 2.16. The Morgan fingerprint density at radius 3 is 2.14 bits per heavy atom. The molecule has 126 valence electrons. The number of aromatic nitrogens is 3. The van der Waals surface area contributed by atoms with E-state index in [2.05, 4.69) is 29.2 Å². The van der Waals surface area contributed by atoms with Crippen molar-refractivity contribution >= 4 is 5.82 Å². The van der Waals surface area contributed by atoms with Crippen LogP contribution >= 0.6 is 0 Å². The zero-order chi connectivity index (χ0) is 16.9. The van der Waals surface area contributed by atoms with Crippen LogP contribution in [0.4, 0.5) is 5.82 Å². The second-order valence-electron chi connectivity index (χ2n) is 5.89. The van der Waals surface area contributed by atoms with E-state index in [0.29, 0.717) is 6.54 Å². The molecule has 0 aliphatic heterocycles. The predicted octanol–water partition coefficient (Wildman–Crippen LogP) is 1.32. The van der Waals surface area contributed by atoms with E-state index >= 15 is 0 Å². The van der Waals surface area contributed by atoms with E-state index < -0.39 is 0 Å². The van der Waals surface area contributed by atoms with Crippen LogP contribution < -0.4 is 16.6 Å². The molecule has 1 N–H and O–H groups in total. The number of hydrogen-bond donors (Lipinski definition) is 1. The van der Waals surface area contributed by atoms with E-state index in [0.717, 1.165) is 19.6 Å². The van der Waals surface area contributed by atoms with Gasteiger partial charge in [0.15, 0.2) is 0 Å². The van der Waals surface area contributed by atoms with Crippen molar-refractivity contribution in [3.8, 4) is 0 Å². The van der Waals surface area contributed by atoms with Gasteiger partial charge in [-0.1, -0.05) is 13.8 Å². The van der Waals surface area contributed by atoms with Gasteiger partial charge in [-0.25, -0.2) is 9.48 Å². The molecule has 0 amide bonds. The Morgan fingerprint density at radius 1 is 1.09 bits per heavy atom. The molecule has 0 aromatic carbocycles. The minimum Gasteiger partial charge on any atom is -0.363 e. The molecule has 1 rings (SSSR count). The fraction of sp³-hybridized carbons (Fsp3) is 0.800. The number of likely N-dealkylation sites (N-methyl/N-ethyl adjacent to an activating group) is 1. The Hall–Kier alpha value is -1.63. The summed E-state index contributed by atoms with van der Waals surface area (Å²) in [6.45, 7) is 15.0. The molecule has 0 bridgehead atoms. The summed E-state index contributed by atoms with van der Waals surface area (Å²) in [4.78, 5) is 27.0. The van der Waals surface area contributed by atoms with Crippen molar-refractivity contribution in [2.75, 3.05) is 31.5 Å². The van der Waals surface area contributed by atoms with E-state index in [4.69, 9.17) is 0 Å². The lowest BCUT2D eigenvalue weighted by Crippen LogP contribution is -2.44. The van der Waals surface area contributed by atoms with Gasteiger partial charge in [0.05, 0.1) is 6.04 Å². The van der Waals surface area contributed by atoms with Crippen LogP contribution in [0.3, 0.4) is 0 Å². The maximum atomic E-state index is 12.4.